The molecule has 0 spiro atoms. The second-order valence-corrected chi connectivity index (χ2v) is 6.59. The van der Waals surface area contributed by atoms with Crippen molar-refractivity contribution in [2.24, 2.45) is 5.10 Å². The molecule has 0 saturated carbocycles. The number of thiophene rings is 1. The van der Waals surface area contributed by atoms with E-state index in [1.807, 2.05) is 19.1 Å². The first-order chi connectivity index (χ1) is 8.58. The Hall–Kier alpha value is -1.66. The summed E-state index contributed by atoms with van der Waals surface area (Å²) in [6.45, 7) is 1.98. The molecule has 1 aromatic carbocycles. The lowest BCUT2D eigenvalue weighted by atomic mass is 10.4. The third-order valence-corrected chi connectivity index (χ3v) is 4.35. The van der Waals surface area contributed by atoms with Gasteiger partial charge < -0.3 is 0 Å². The summed E-state index contributed by atoms with van der Waals surface area (Å²) >= 11 is 1.55. The fourth-order valence-corrected chi connectivity index (χ4v) is 2.90. The van der Waals surface area contributed by atoms with Crippen LogP contribution < -0.4 is 4.83 Å². The normalized spacial score (nSPS) is 11.8. The molecule has 0 aliphatic heterocycles. The zero-order valence-electron chi connectivity index (χ0n) is 9.70. The average molecular weight is 280 g/mol. The van der Waals surface area contributed by atoms with Crippen LogP contribution in [-0.4, -0.2) is 14.6 Å². The van der Waals surface area contributed by atoms with Crippen molar-refractivity contribution in [1.82, 2.24) is 4.83 Å². The highest BCUT2D eigenvalue weighted by Crippen LogP contribution is 2.12. The van der Waals surface area contributed by atoms with Gasteiger partial charge >= 0.3 is 0 Å². The van der Waals surface area contributed by atoms with Gasteiger partial charge in [-0.15, -0.1) is 11.3 Å². The van der Waals surface area contributed by atoms with Crippen LogP contribution in [-0.2, 0) is 10.0 Å². The Morgan fingerprint density at radius 2 is 1.89 bits per heavy atom. The van der Waals surface area contributed by atoms with Gasteiger partial charge in [0.15, 0.2) is 0 Å². The van der Waals surface area contributed by atoms with E-state index in [0.29, 0.717) is 0 Å². The van der Waals surface area contributed by atoms with E-state index in [4.69, 9.17) is 0 Å². The van der Waals surface area contributed by atoms with Crippen molar-refractivity contribution >= 4 is 27.6 Å². The summed E-state index contributed by atoms with van der Waals surface area (Å²) in [7, 11) is -3.57. The van der Waals surface area contributed by atoms with Gasteiger partial charge in [-0.1, -0.05) is 18.2 Å². The first kappa shape index (κ1) is 12.8. The molecule has 4 nitrogen and oxygen atoms in total. The molecule has 0 saturated heterocycles. The fourth-order valence-electron chi connectivity index (χ4n) is 1.33. The number of hydrogen-bond donors (Lipinski definition) is 1. The van der Waals surface area contributed by atoms with E-state index >= 15 is 0 Å². The van der Waals surface area contributed by atoms with Gasteiger partial charge in [-0.25, -0.2) is 4.83 Å². The maximum absolute atomic E-state index is 11.8. The summed E-state index contributed by atoms with van der Waals surface area (Å²) in [6, 6.07) is 12.0. The van der Waals surface area contributed by atoms with Gasteiger partial charge in [-0.2, -0.15) is 13.5 Å². The van der Waals surface area contributed by atoms with Crippen molar-refractivity contribution < 1.29 is 8.42 Å². The van der Waals surface area contributed by atoms with Gasteiger partial charge in [-0.3, -0.25) is 0 Å². The van der Waals surface area contributed by atoms with E-state index in [9.17, 15) is 8.42 Å². The lowest BCUT2D eigenvalue weighted by molar-refractivity contribution is 0.584. The highest BCUT2D eigenvalue weighted by Gasteiger charge is 2.10. The minimum Gasteiger partial charge on any atom is -0.200 e. The van der Waals surface area contributed by atoms with Crippen LogP contribution in [0.2, 0.25) is 0 Å². The van der Waals surface area contributed by atoms with Crippen LogP contribution in [0, 0.1) is 6.92 Å². The number of sulfonamides is 1. The molecule has 1 N–H and O–H groups in total. The van der Waals surface area contributed by atoms with Crippen molar-refractivity contribution in [3.05, 3.63) is 52.2 Å². The van der Waals surface area contributed by atoms with E-state index in [1.54, 1.807) is 29.5 Å². The van der Waals surface area contributed by atoms with E-state index in [-0.39, 0.29) is 4.90 Å². The van der Waals surface area contributed by atoms with Gasteiger partial charge in [0, 0.05) is 9.75 Å². The van der Waals surface area contributed by atoms with Crippen molar-refractivity contribution in [3.8, 4) is 0 Å². The SMILES string of the molecule is Cc1ccc(/C=N/NS(=O)(=O)c2ccccc2)s1. The molecule has 0 bridgehead atoms. The average Bonchev–Trinajstić information content (AvgIpc) is 2.76. The molecule has 94 valence electrons. The minimum absolute atomic E-state index is 0.199. The van der Waals surface area contributed by atoms with Gasteiger partial charge in [0.1, 0.15) is 0 Å². The first-order valence-electron chi connectivity index (χ1n) is 5.24. The first-order valence-corrected chi connectivity index (χ1v) is 7.54. The van der Waals surface area contributed by atoms with Gasteiger partial charge in [0.2, 0.25) is 0 Å². The molecule has 0 aliphatic carbocycles. The molecular formula is C12H12N2O2S2. The molecule has 1 heterocycles. The molecule has 18 heavy (non-hydrogen) atoms. The van der Waals surface area contributed by atoms with Crippen LogP contribution in [0.25, 0.3) is 0 Å². The Labute approximate surface area is 110 Å². The lowest BCUT2D eigenvalue weighted by Gasteiger charge is -2.01. The maximum Gasteiger partial charge on any atom is 0.276 e. The summed E-state index contributed by atoms with van der Waals surface area (Å²) in [5.74, 6) is 0. The summed E-state index contributed by atoms with van der Waals surface area (Å²) < 4.78 is 23.6. The topological polar surface area (TPSA) is 58.5 Å². The fraction of sp³-hybridized carbons (Fsp3) is 0.0833. The summed E-state index contributed by atoms with van der Waals surface area (Å²) in [4.78, 5) is 4.44. The predicted molar refractivity (Wildman–Crippen MR) is 73.4 cm³/mol. The lowest BCUT2D eigenvalue weighted by Crippen LogP contribution is -2.18. The molecule has 0 amide bonds. The monoisotopic (exact) mass is 280 g/mol. The number of hydrogen-bond acceptors (Lipinski definition) is 4. The molecule has 0 fully saturated rings. The Bertz CT molecular complexity index is 646. The summed E-state index contributed by atoms with van der Waals surface area (Å²) in [6.07, 6.45) is 1.50. The zero-order valence-corrected chi connectivity index (χ0v) is 11.3. The Kier molecular flexibility index (Phi) is 3.78. The van der Waals surface area contributed by atoms with E-state index in [1.165, 1.54) is 18.3 Å². The smallest absolute Gasteiger partial charge is 0.200 e. The third-order valence-electron chi connectivity index (χ3n) is 2.18. The molecule has 1 aromatic heterocycles. The van der Waals surface area contributed by atoms with Crippen LogP contribution in [0.5, 0.6) is 0 Å². The largest absolute Gasteiger partial charge is 0.276 e. The van der Waals surface area contributed by atoms with E-state index < -0.39 is 10.0 Å². The number of benzene rings is 1. The van der Waals surface area contributed by atoms with Crippen molar-refractivity contribution in [1.29, 1.82) is 0 Å². The molecule has 0 atom stereocenters. The van der Waals surface area contributed by atoms with E-state index in [2.05, 4.69) is 9.93 Å². The minimum atomic E-state index is -3.57. The highest BCUT2D eigenvalue weighted by atomic mass is 32.2. The van der Waals surface area contributed by atoms with E-state index in [0.717, 1.165) is 9.75 Å². The quantitative estimate of drug-likeness (QED) is 0.690. The standard InChI is InChI=1S/C12H12N2O2S2/c1-10-7-8-11(17-10)9-13-14-18(15,16)12-5-3-2-4-6-12/h2-9,14H,1H3/b13-9+. The van der Waals surface area contributed by atoms with Gasteiger partial charge in [0.25, 0.3) is 10.0 Å². The number of hydrazone groups is 1. The van der Waals surface area contributed by atoms with Crippen LogP contribution >= 0.6 is 11.3 Å². The Morgan fingerprint density at radius 1 is 1.17 bits per heavy atom. The van der Waals surface area contributed by atoms with Crippen LogP contribution in [0.15, 0.2) is 52.5 Å². The summed E-state index contributed by atoms with van der Waals surface area (Å²) in [5.41, 5.74) is 0. The number of nitrogens with zero attached hydrogens (tertiary/aromatic N) is 1. The molecule has 6 heteroatoms. The molecule has 0 unspecified atom stereocenters. The number of aryl methyl sites for hydroxylation is 1. The number of rotatable bonds is 4. The summed E-state index contributed by atoms with van der Waals surface area (Å²) in [5, 5.41) is 3.75. The zero-order chi connectivity index (χ0) is 13.0. The molecule has 0 aliphatic rings. The second-order valence-electron chi connectivity index (χ2n) is 3.61. The van der Waals surface area contributed by atoms with Crippen molar-refractivity contribution in [2.75, 3.05) is 0 Å². The van der Waals surface area contributed by atoms with Gasteiger partial charge in [0.05, 0.1) is 11.1 Å². The second kappa shape index (κ2) is 5.32. The van der Waals surface area contributed by atoms with Crippen LogP contribution in [0.4, 0.5) is 0 Å². The van der Waals surface area contributed by atoms with Crippen molar-refractivity contribution in [2.45, 2.75) is 11.8 Å². The Balaban J connectivity index is 2.08. The highest BCUT2D eigenvalue weighted by molar-refractivity contribution is 7.89. The maximum atomic E-state index is 11.8. The molecular weight excluding hydrogens is 268 g/mol. The van der Waals surface area contributed by atoms with Gasteiger partial charge in [-0.05, 0) is 31.2 Å². The Morgan fingerprint density at radius 3 is 2.50 bits per heavy atom. The third kappa shape index (κ3) is 3.18. The van der Waals surface area contributed by atoms with Crippen LogP contribution in [0.1, 0.15) is 9.75 Å². The molecule has 2 rings (SSSR count). The van der Waals surface area contributed by atoms with Crippen LogP contribution in [0.3, 0.4) is 0 Å². The molecule has 2 aromatic rings. The number of nitrogens with one attached hydrogen (secondary N) is 1. The molecule has 0 radical (unpaired) electrons. The van der Waals surface area contributed by atoms with Crippen molar-refractivity contribution in [3.63, 3.8) is 0 Å². The predicted octanol–water partition coefficient (Wildman–Crippen LogP) is 2.37.